The van der Waals surface area contributed by atoms with Gasteiger partial charge in [0.25, 0.3) is 0 Å². The van der Waals surface area contributed by atoms with E-state index in [-0.39, 0.29) is 12.5 Å². The van der Waals surface area contributed by atoms with E-state index in [4.69, 9.17) is 4.74 Å². The van der Waals surface area contributed by atoms with Crippen LogP contribution in [0, 0.1) is 0 Å². The minimum Gasteiger partial charge on any atom is -0.497 e. The summed E-state index contributed by atoms with van der Waals surface area (Å²) in [4.78, 5) is 27.9. The van der Waals surface area contributed by atoms with Crippen molar-refractivity contribution >= 4 is 27.5 Å². The summed E-state index contributed by atoms with van der Waals surface area (Å²) in [5, 5.41) is 2.87. The molecular weight excluding hydrogens is 466 g/mol. The van der Waals surface area contributed by atoms with Gasteiger partial charge < -0.3 is 15.0 Å². The van der Waals surface area contributed by atoms with Crippen molar-refractivity contribution in [3.63, 3.8) is 0 Å². The van der Waals surface area contributed by atoms with Crippen LogP contribution in [-0.2, 0) is 32.6 Å². The molecule has 1 atom stereocenters. The number of amides is 2. The first kappa shape index (κ1) is 28.2. The summed E-state index contributed by atoms with van der Waals surface area (Å²) in [6.07, 6.45) is 3.47. The van der Waals surface area contributed by atoms with E-state index in [2.05, 4.69) is 5.32 Å². The third kappa shape index (κ3) is 7.99. The Morgan fingerprint density at radius 1 is 1.06 bits per heavy atom. The monoisotopic (exact) mass is 503 g/mol. The number of rotatable bonds is 13. The first-order valence-electron chi connectivity index (χ1n) is 11.9. The van der Waals surface area contributed by atoms with E-state index in [0.29, 0.717) is 24.4 Å². The van der Waals surface area contributed by atoms with Crippen molar-refractivity contribution in [2.45, 2.75) is 52.6 Å². The third-order valence-corrected chi connectivity index (χ3v) is 6.96. The van der Waals surface area contributed by atoms with Crippen LogP contribution in [0.1, 0.15) is 44.7 Å². The molecule has 8 nitrogen and oxygen atoms in total. The number of sulfonamides is 1. The molecule has 192 valence electrons. The van der Waals surface area contributed by atoms with Gasteiger partial charge >= 0.3 is 0 Å². The van der Waals surface area contributed by atoms with Crippen molar-refractivity contribution in [2.75, 3.05) is 30.8 Å². The predicted octanol–water partition coefficient (Wildman–Crippen LogP) is 3.36. The van der Waals surface area contributed by atoms with E-state index < -0.39 is 28.5 Å². The fourth-order valence-corrected chi connectivity index (χ4v) is 4.57. The number of anilines is 1. The average molecular weight is 504 g/mol. The van der Waals surface area contributed by atoms with Crippen LogP contribution in [0.3, 0.4) is 0 Å². The zero-order valence-corrected chi connectivity index (χ0v) is 22.1. The molecule has 0 unspecified atom stereocenters. The summed E-state index contributed by atoms with van der Waals surface area (Å²) in [7, 11) is -2.18. The van der Waals surface area contributed by atoms with E-state index in [9.17, 15) is 18.0 Å². The van der Waals surface area contributed by atoms with Gasteiger partial charge in [0.1, 0.15) is 18.3 Å². The second kappa shape index (κ2) is 13.1. The average Bonchev–Trinajstić information content (AvgIpc) is 2.85. The highest BCUT2D eigenvalue weighted by molar-refractivity contribution is 7.92. The number of nitrogens with zero attached hydrogens (tertiary/aromatic N) is 2. The first-order chi connectivity index (χ1) is 16.6. The van der Waals surface area contributed by atoms with Crippen LogP contribution in [0.25, 0.3) is 0 Å². The molecule has 0 saturated heterocycles. The van der Waals surface area contributed by atoms with Crippen molar-refractivity contribution in [3.05, 3.63) is 59.7 Å². The van der Waals surface area contributed by atoms with Gasteiger partial charge in [-0.1, -0.05) is 50.6 Å². The Labute approximate surface area is 209 Å². The van der Waals surface area contributed by atoms with Gasteiger partial charge in [-0.05, 0) is 49.1 Å². The molecule has 0 saturated carbocycles. The number of nitrogens with one attached hydrogen (secondary N) is 1. The van der Waals surface area contributed by atoms with Crippen molar-refractivity contribution in [3.8, 4) is 5.75 Å². The van der Waals surface area contributed by atoms with Gasteiger partial charge in [0.15, 0.2) is 0 Å². The van der Waals surface area contributed by atoms with Crippen molar-refractivity contribution in [2.24, 2.45) is 0 Å². The van der Waals surface area contributed by atoms with Gasteiger partial charge in [0.2, 0.25) is 21.8 Å². The fraction of sp³-hybridized carbons (Fsp3) is 0.462. The smallest absolute Gasteiger partial charge is 0.244 e. The molecule has 0 aliphatic rings. The molecule has 9 heteroatoms. The third-order valence-electron chi connectivity index (χ3n) is 5.83. The number of ether oxygens (including phenoxy) is 1. The first-order valence-corrected chi connectivity index (χ1v) is 13.7. The lowest BCUT2D eigenvalue weighted by Crippen LogP contribution is -2.51. The molecule has 2 aromatic rings. The van der Waals surface area contributed by atoms with E-state index in [1.54, 1.807) is 38.3 Å². The number of hydrogen-bond donors (Lipinski definition) is 1. The second-order valence-electron chi connectivity index (χ2n) is 8.44. The van der Waals surface area contributed by atoms with Gasteiger partial charge in [-0.25, -0.2) is 8.42 Å². The second-order valence-corrected chi connectivity index (χ2v) is 10.3. The SMILES string of the molecule is CCCCNC(=O)[C@@H](C)N(Cc1ccc(OC)cc1)C(=O)CN(c1ccccc1CC)S(C)(=O)=O. The maximum absolute atomic E-state index is 13.6. The molecule has 0 heterocycles. The normalized spacial score (nSPS) is 12.0. The fourth-order valence-electron chi connectivity index (χ4n) is 3.69. The van der Waals surface area contributed by atoms with Crippen LogP contribution in [0.15, 0.2) is 48.5 Å². The molecule has 0 spiro atoms. The zero-order chi connectivity index (χ0) is 26.0. The molecule has 0 aliphatic heterocycles. The molecule has 2 rings (SSSR count). The predicted molar refractivity (Wildman–Crippen MR) is 139 cm³/mol. The number of benzene rings is 2. The van der Waals surface area contributed by atoms with Crippen LogP contribution in [-0.4, -0.2) is 57.6 Å². The van der Waals surface area contributed by atoms with Gasteiger partial charge in [-0.2, -0.15) is 0 Å². The number of carbonyl (C=O) groups excluding carboxylic acids is 2. The topological polar surface area (TPSA) is 96.0 Å². The van der Waals surface area contributed by atoms with Gasteiger partial charge in [-0.15, -0.1) is 0 Å². The summed E-state index contributed by atoms with van der Waals surface area (Å²) in [6.45, 7) is 5.89. The molecule has 0 bridgehead atoms. The van der Waals surface area contributed by atoms with Crippen LogP contribution in [0.5, 0.6) is 5.75 Å². The highest BCUT2D eigenvalue weighted by atomic mass is 32.2. The summed E-state index contributed by atoms with van der Waals surface area (Å²) in [5.74, 6) is -0.0631. The van der Waals surface area contributed by atoms with Crippen molar-refractivity contribution in [1.82, 2.24) is 10.2 Å². The minimum absolute atomic E-state index is 0.151. The standard InChI is InChI=1S/C26H37N3O5S/c1-6-8-17-27-26(31)20(3)28(18-21-13-15-23(34-4)16-14-21)25(30)19-29(35(5,32)33)24-12-10-9-11-22(24)7-2/h9-16,20H,6-8,17-19H2,1-5H3,(H,27,31)/t20-/m1/s1. The molecule has 2 aromatic carbocycles. The van der Waals surface area contributed by atoms with Crippen LogP contribution < -0.4 is 14.4 Å². The number of methoxy groups -OCH3 is 1. The number of carbonyl (C=O) groups is 2. The molecule has 35 heavy (non-hydrogen) atoms. The Bertz CT molecular complexity index is 1090. The van der Waals surface area contributed by atoms with Gasteiger partial charge in [0, 0.05) is 13.1 Å². The Kier molecular flexibility index (Phi) is 10.6. The Hall–Kier alpha value is -3.07. The number of aryl methyl sites for hydroxylation is 1. The highest BCUT2D eigenvalue weighted by Crippen LogP contribution is 2.24. The van der Waals surface area contributed by atoms with Crippen LogP contribution in [0.2, 0.25) is 0 Å². The van der Waals surface area contributed by atoms with E-state index in [1.165, 1.54) is 4.90 Å². The minimum atomic E-state index is -3.76. The Morgan fingerprint density at radius 3 is 2.29 bits per heavy atom. The molecule has 0 fully saturated rings. The number of unbranched alkanes of at least 4 members (excludes halogenated alkanes) is 1. The molecule has 0 aromatic heterocycles. The van der Waals surface area contributed by atoms with Crippen molar-refractivity contribution in [1.29, 1.82) is 0 Å². The molecule has 0 radical (unpaired) electrons. The number of para-hydroxylation sites is 1. The Balaban J connectivity index is 2.38. The Morgan fingerprint density at radius 2 is 1.71 bits per heavy atom. The molecular formula is C26H37N3O5S. The quantitative estimate of drug-likeness (QED) is 0.423. The lowest BCUT2D eigenvalue weighted by atomic mass is 10.1. The summed E-state index contributed by atoms with van der Waals surface area (Å²) in [6, 6.07) is 13.5. The van der Waals surface area contributed by atoms with E-state index >= 15 is 0 Å². The largest absolute Gasteiger partial charge is 0.497 e. The highest BCUT2D eigenvalue weighted by Gasteiger charge is 2.30. The van der Waals surface area contributed by atoms with E-state index in [0.717, 1.165) is 34.5 Å². The van der Waals surface area contributed by atoms with Crippen LogP contribution >= 0.6 is 0 Å². The zero-order valence-electron chi connectivity index (χ0n) is 21.3. The van der Waals surface area contributed by atoms with Crippen molar-refractivity contribution < 1.29 is 22.7 Å². The van der Waals surface area contributed by atoms with Crippen LogP contribution in [0.4, 0.5) is 5.69 Å². The summed E-state index contributed by atoms with van der Waals surface area (Å²) in [5.41, 5.74) is 2.08. The maximum atomic E-state index is 13.6. The maximum Gasteiger partial charge on any atom is 0.244 e. The number of hydrogen-bond acceptors (Lipinski definition) is 5. The van der Waals surface area contributed by atoms with Gasteiger partial charge in [0.05, 0.1) is 19.1 Å². The molecule has 1 N–H and O–H groups in total. The lowest BCUT2D eigenvalue weighted by Gasteiger charge is -2.32. The molecule has 2 amide bonds. The molecule has 0 aliphatic carbocycles. The lowest BCUT2D eigenvalue weighted by molar-refractivity contribution is -0.139. The summed E-state index contributed by atoms with van der Waals surface area (Å²) >= 11 is 0. The van der Waals surface area contributed by atoms with E-state index in [1.807, 2.05) is 38.1 Å². The summed E-state index contributed by atoms with van der Waals surface area (Å²) < 4.78 is 31.8. The van der Waals surface area contributed by atoms with Gasteiger partial charge in [-0.3, -0.25) is 13.9 Å².